The molecular weight excluding hydrogens is 198 g/mol. The standard InChI is InChI=1S/C14H15NO/c1-11-8-13(10-15(2)14(11)16)9-12-6-4-3-5-7-12/h3-8,10H,9H2,1-2H3. The number of rotatable bonds is 2. The molecule has 0 aliphatic heterocycles. The molecule has 0 amide bonds. The van der Waals surface area contributed by atoms with E-state index in [4.69, 9.17) is 0 Å². The van der Waals surface area contributed by atoms with Crippen molar-refractivity contribution in [3.8, 4) is 0 Å². The molecule has 2 heteroatoms. The van der Waals surface area contributed by atoms with Gasteiger partial charge in [-0.3, -0.25) is 4.79 Å². The van der Waals surface area contributed by atoms with E-state index in [1.54, 1.807) is 11.6 Å². The highest BCUT2D eigenvalue weighted by Gasteiger charge is 2.01. The van der Waals surface area contributed by atoms with Gasteiger partial charge in [-0.15, -0.1) is 0 Å². The van der Waals surface area contributed by atoms with Crippen molar-refractivity contribution >= 4 is 0 Å². The van der Waals surface area contributed by atoms with Crippen LogP contribution in [0.2, 0.25) is 0 Å². The van der Waals surface area contributed by atoms with Gasteiger partial charge >= 0.3 is 0 Å². The van der Waals surface area contributed by atoms with E-state index < -0.39 is 0 Å². The van der Waals surface area contributed by atoms with Gasteiger partial charge < -0.3 is 4.57 Å². The van der Waals surface area contributed by atoms with Gasteiger partial charge in [-0.25, -0.2) is 0 Å². The molecule has 1 heterocycles. The van der Waals surface area contributed by atoms with Crippen molar-refractivity contribution in [1.82, 2.24) is 4.57 Å². The van der Waals surface area contributed by atoms with Crippen LogP contribution in [-0.4, -0.2) is 4.57 Å². The lowest BCUT2D eigenvalue weighted by Gasteiger charge is -2.06. The molecule has 0 saturated heterocycles. The van der Waals surface area contributed by atoms with Gasteiger partial charge in [0.05, 0.1) is 0 Å². The summed E-state index contributed by atoms with van der Waals surface area (Å²) in [6.07, 6.45) is 2.78. The highest BCUT2D eigenvalue weighted by Crippen LogP contribution is 2.08. The van der Waals surface area contributed by atoms with Crippen LogP contribution in [0.1, 0.15) is 16.7 Å². The first-order valence-corrected chi connectivity index (χ1v) is 5.37. The van der Waals surface area contributed by atoms with E-state index in [2.05, 4.69) is 12.1 Å². The van der Waals surface area contributed by atoms with Crippen LogP contribution in [0.3, 0.4) is 0 Å². The Morgan fingerprint density at radius 3 is 2.44 bits per heavy atom. The molecular formula is C14H15NO. The van der Waals surface area contributed by atoms with Crippen LogP contribution in [0, 0.1) is 6.92 Å². The molecule has 1 aromatic carbocycles. The maximum absolute atomic E-state index is 11.5. The van der Waals surface area contributed by atoms with E-state index in [1.165, 1.54) is 11.1 Å². The van der Waals surface area contributed by atoms with E-state index >= 15 is 0 Å². The Hall–Kier alpha value is -1.83. The predicted molar refractivity (Wildman–Crippen MR) is 65.7 cm³/mol. The van der Waals surface area contributed by atoms with E-state index in [-0.39, 0.29) is 5.56 Å². The first-order valence-electron chi connectivity index (χ1n) is 5.37. The lowest BCUT2D eigenvalue weighted by Crippen LogP contribution is -2.19. The zero-order valence-corrected chi connectivity index (χ0v) is 9.60. The maximum atomic E-state index is 11.5. The number of pyridine rings is 1. The van der Waals surface area contributed by atoms with Gasteiger partial charge in [0.1, 0.15) is 0 Å². The van der Waals surface area contributed by atoms with Crippen molar-refractivity contribution < 1.29 is 0 Å². The van der Waals surface area contributed by atoms with Gasteiger partial charge in [0.15, 0.2) is 0 Å². The number of nitrogens with zero attached hydrogens (tertiary/aromatic N) is 1. The van der Waals surface area contributed by atoms with E-state index in [0.29, 0.717) is 0 Å². The molecule has 0 fully saturated rings. The molecule has 82 valence electrons. The van der Waals surface area contributed by atoms with Crippen LogP contribution >= 0.6 is 0 Å². The van der Waals surface area contributed by atoms with E-state index in [1.807, 2.05) is 37.4 Å². The Kier molecular flexibility index (Phi) is 2.91. The summed E-state index contributed by atoms with van der Waals surface area (Å²) in [5.41, 5.74) is 3.32. The minimum absolute atomic E-state index is 0.0804. The Balaban J connectivity index is 2.33. The second-order valence-corrected chi connectivity index (χ2v) is 4.11. The lowest BCUT2D eigenvalue weighted by molar-refractivity contribution is 0.833. The molecule has 0 aliphatic rings. The van der Waals surface area contributed by atoms with E-state index in [9.17, 15) is 4.79 Å². The van der Waals surface area contributed by atoms with Crippen molar-refractivity contribution in [2.75, 3.05) is 0 Å². The summed E-state index contributed by atoms with van der Waals surface area (Å²) in [5, 5.41) is 0. The van der Waals surface area contributed by atoms with Crippen LogP contribution in [0.15, 0.2) is 47.4 Å². The number of aryl methyl sites for hydroxylation is 2. The summed E-state index contributed by atoms with van der Waals surface area (Å²) in [5.74, 6) is 0. The first-order chi connectivity index (χ1) is 7.66. The minimum Gasteiger partial charge on any atom is -0.318 e. The van der Waals surface area contributed by atoms with Crippen molar-refractivity contribution in [3.05, 3.63) is 69.6 Å². The third-order valence-electron chi connectivity index (χ3n) is 2.67. The Morgan fingerprint density at radius 1 is 1.12 bits per heavy atom. The number of hydrogen-bond donors (Lipinski definition) is 0. The molecule has 0 atom stereocenters. The van der Waals surface area contributed by atoms with Gasteiger partial charge in [-0.05, 0) is 30.5 Å². The summed E-state index contributed by atoms with van der Waals surface area (Å²) in [6.45, 7) is 1.86. The third kappa shape index (κ3) is 2.22. The average Bonchev–Trinajstić information content (AvgIpc) is 2.27. The zero-order valence-electron chi connectivity index (χ0n) is 9.60. The molecule has 2 nitrogen and oxygen atoms in total. The first kappa shape index (κ1) is 10.7. The molecule has 0 unspecified atom stereocenters. The highest BCUT2D eigenvalue weighted by atomic mass is 16.1. The van der Waals surface area contributed by atoms with Crippen LogP contribution < -0.4 is 5.56 Å². The molecule has 0 N–H and O–H groups in total. The van der Waals surface area contributed by atoms with Crippen LogP contribution in [0.4, 0.5) is 0 Å². The molecule has 1 aromatic heterocycles. The quantitative estimate of drug-likeness (QED) is 0.750. The van der Waals surface area contributed by atoms with Crippen molar-refractivity contribution in [1.29, 1.82) is 0 Å². The largest absolute Gasteiger partial charge is 0.318 e. The summed E-state index contributed by atoms with van der Waals surface area (Å²) in [7, 11) is 1.80. The maximum Gasteiger partial charge on any atom is 0.253 e. The molecule has 0 saturated carbocycles. The van der Waals surface area contributed by atoms with E-state index in [0.717, 1.165) is 12.0 Å². The molecule has 2 rings (SSSR count). The molecule has 2 aromatic rings. The second-order valence-electron chi connectivity index (χ2n) is 4.11. The lowest BCUT2D eigenvalue weighted by atomic mass is 10.1. The fourth-order valence-corrected chi connectivity index (χ4v) is 1.89. The van der Waals surface area contributed by atoms with Gasteiger partial charge in [-0.2, -0.15) is 0 Å². The Bertz CT molecular complexity index is 514. The summed E-state index contributed by atoms with van der Waals surface area (Å²) in [4.78, 5) is 11.5. The average molecular weight is 213 g/mol. The molecule has 0 bridgehead atoms. The smallest absolute Gasteiger partial charge is 0.253 e. The molecule has 0 aliphatic carbocycles. The number of hydrogen-bond acceptors (Lipinski definition) is 1. The normalized spacial score (nSPS) is 10.4. The summed E-state index contributed by atoms with van der Waals surface area (Å²) < 4.78 is 1.65. The fraction of sp³-hybridized carbons (Fsp3) is 0.214. The topological polar surface area (TPSA) is 22.0 Å². The van der Waals surface area contributed by atoms with Crippen LogP contribution in [-0.2, 0) is 13.5 Å². The SMILES string of the molecule is Cc1cc(Cc2ccccc2)cn(C)c1=O. The van der Waals surface area contributed by atoms with Crippen LogP contribution in [0.25, 0.3) is 0 Å². The van der Waals surface area contributed by atoms with Gasteiger partial charge in [0, 0.05) is 18.8 Å². The van der Waals surface area contributed by atoms with Gasteiger partial charge in [0.2, 0.25) is 0 Å². The molecule has 0 spiro atoms. The second kappa shape index (κ2) is 4.35. The Labute approximate surface area is 95.2 Å². The summed E-state index contributed by atoms with van der Waals surface area (Å²) in [6, 6.07) is 12.2. The number of aromatic nitrogens is 1. The van der Waals surface area contributed by atoms with Crippen molar-refractivity contribution in [2.45, 2.75) is 13.3 Å². The van der Waals surface area contributed by atoms with Gasteiger partial charge in [-0.1, -0.05) is 30.3 Å². The molecule has 0 radical (unpaired) electrons. The third-order valence-corrected chi connectivity index (χ3v) is 2.67. The molecule has 16 heavy (non-hydrogen) atoms. The Morgan fingerprint density at radius 2 is 1.81 bits per heavy atom. The monoisotopic (exact) mass is 213 g/mol. The zero-order chi connectivity index (χ0) is 11.5. The highest BCUT2D eigenvalue weighted by molar-refractivity contribution is 5.26. The van der Waals surface area contributed by atoms with Crippen molar-refractivity contribution in [3.63, 3.8) is 0 Å². The van der Waals surface area contributed by atoms with Crippen LogP contribution in [0.5, 0.6) is 0 Å². The predicted octanol–water partition coefficient (Wildman–Crippen LogP) is 2.28. The minimum atomic E-state index is 0.0804. The summed E-state index contributed by atoms with van der Waals surface area (Å²) >= 11 is 0. The van der Waals surface area contributed by atoms with Gasteiger partial charge in [0.25, 0.3) is 5.56 Å². The fourth-order valence-electron chi connectivity index (χ4n) is 1.89. The van der Waals surface area contributed by atoms with Crippen molar-refractivity contribution in [2.24, 2.45) is 7.05 Å². The number of benzene rings is 1.